The lowest BCUT2D eigenvalue weighted by molar-refractivity contribution is 0.0776. The number of benzene rings is 1. The van der Waals surface area contributed by atoms with Crippen LogP contribution < -0.4 is 10.9 Å². The number of ether oxygens (including phenoxy) is 1. The van der Waals surface area contributed by atoms with Crippen molar-refractivity contribution in [3.8, 4) is 0 Å². The molecule has 1 aliphatic rings. The van der Waals surface area contributed by atoms with Gasteiger partial charge in [0, 0.05) is 38.9 Å². The van der Waals surface area contributed by atoms with E-state index in [4.69, 9.17) is 4.74 Å². The fourth-order valence-electron chi connectivity index (χ4n) is 3.28. The molecule has 1 unspecified atom stereocenters. The van der Waals surface area contributed by atoms with Gasteiger partial charge >= 0.3 is 6.09 Å². The Morgan fingerprint density at radius 1 is 1.18 bits per heavy atom. The lowest BCUT2D eigenvalue weighted by Crippen LogP contribution is -2.44. The minimum absolute atomic E-state index is 0.159. The molecule has 7 heteroatoms. The second-order valence-corrected chi connectivity index (χ2v) is 7.07. The zero-order valence-electron chi connectivity index (χ0n) is 16.0. The molecule has 28 heavy (non-hydrogen) atoms. The topological polar surface area (TPSA) is 80.6 Å². The minimum Gasteiger partial charge on any atom is -0.445 e. The second-order valence-electron chi connectivity index (χ2n) is 7.07. The van der Waals surface area contributed by atoms with Crippen LogP contribution in [0.2, 0.25) is 0 Å². The number of hydrogen-bond acceptors (Lipinski definition) is 4. The van der Waals surface area contributed by atoms with Crippen molar-refractivity contribution >= 4 is 12.0 Å². The molecule has 1 N–H and O–H groups in total. The van der Waals surface area contributed by atoms with Gasteiger partial charge in [0.2, 0.25) is 5.56 Å². The summed E-state index contributed by atoms with van der Waals surface area (Å²) in [7, 11) is 1.61. The van der Waals surface area contributed by atoms with Crippen molar-refractivity contribution in [1.82, 2.24) is 14.8 Å². The highest BCUT2D eigenvalue weighted by molar-refractivity contribution is 5.93. The molecular formula is C21H25N3O4. The SMILES string of the molecule is Cn1cc(C(=O)NCC2CCCN(C(=O)OCc3ccccc3)C2)ccc1=O. The number of aromatic nitrogens is 1. The molecule has 148 valence electrons. The van der Waals surface area contributed by atoms with Crippen LogP contribution >= 0.6 is 0 Å². The summed E-state index contributed by atoms with van der Waals surface area (Å²) in [4.78, 5) is 37.8. The lowest BCUT2D eigenvalue weighted by Gasteiger charge is -2.32. The molecule has 2 heterocycles. The van der Waals surface area contributed by atoms with E-state index >= 15 is 0 Å². The van der Waals surface area contributed by atoms with Crippen molar-refractivity contribution in [1.29, 1.82) is 0 Å². The number of hydrogen-bond donors (Lipinski definition) is 1. The Balaban J connectivity index is 1.47. The highest BCUT2D eigenvalue weighted by atomic mass is 16.6. The quantitative estimate of drug-likeness (QED) is 0.858. The van der Waals surface area contributed by atoms with Gasteiger partial charge in [-0.3, -0.25) is 9.59 Å². The molecule has 0 radical (unpaired) electrons. The van der Waals surface area contributed by atoms with Gasteiger partial charge in [0.25, 0.3) is 5.91 Å². The number of piperidine rings is 1. The zero-order chi connectivity index (χ0) is 19.9. The van der Waals surface area contributed by atoms with Gasteiger partial charge in [-0.25, -0.2) is 4.79 Å². The molecule has 0 saturated carbocycles. The van der Waals surface area contributed by atoms with Gasteiger partial charge in [-0.05, 0) is 30.4 Å². The minimum atomic E-state index is -0.321. The summed E-state index contributed by atoms with van der Waals surface area (Å²) in [6.07, 6.45) is 3.01. The number of rotatable bonds is 5. The number of aryl methyl sites for hydroxylation is 1. The van der Waals surface area contributed by atoms with E-state index in [1.54, 1.807) is 11.9 Å². The van der Waals surface area contributed by atoms with Crippen molar-refractivity contribution in [2.75, 3.05) is 19.6 Å². The number of likely N-dealkylation sites (tertiary alicyclic amines) is 1. The Morgan fingerprint density at radius 2 is 1.96 bits per heavy atom. The molecule has 0 spiro atoms. The summed E-state index contributed by atoms with van der Waals surface area (Å²) in [5.74, 6) is -0.0473. The Morgan fingerprint density at radius 3 is 2.71 bits per heavy atom. The first-order chi connectivity index (χ1) is 13.5. The number of nitrogens with zero attached hydrogens (tertiary/aromatic N) is 2. The highest BCUT2D eigenvalue weighted by Crippen LogP contribution is 2.17. The van der Waals surface area contributed by atoms with E-state index in [2.05, 4.69) is 5.32 Å². The predicted molar refractivity (Wildman–Crippen MR) is 105 cm³/mol. The normalized spacial score (nSPS) is 16.5. The number of carbonyl (C=O) groups is 2. The van der Waals surface area contributed by atoms with Crippen LogP contribution in [0.1, 0.15) is 28.8 Å². The fourth-order valence-corrected chi connectivity index (χ4v) is 3.28. The molecule has 1 aromatic carbocycles. The Kier molecular flexibility index (Phi) is 6.47. The summed E-state index contributed by atoms with van der Waals surface area (Å²) >= 11 is 0. The smallest absolute Gasteiger partial charge is 0.410 e. The molecule has 3 rings (SSSR count). The maximum Gasteiger partial charge on any atom is 0.410 e. The number of carbonyl (C=O) groups excluding carboxylic acids is 2. The number of amides is 2. The van der Waals surface area contributed by atoms with Gasteiger partial charge in [-0.15, -0.1) is 0 Å². The lowest BCUT2D eigenvalue weighted by atomic mass is 9.98. The number of nitrogens with one attached hydrogen (secondary N) is 1. The first kappa shape index (κ1) is 19.7. The largest absolute Gasteiger partial charge is 0.445 e. The average Bonchev–Trinajstić information content (AvgIpc) is 2.73. The fraction of sp³-hybridized carbons (Fsp3) is 0.381. The summed E-state index contributed by atoms with van der Waals surface area (Å²) < 4.78 is 6.78. The van der Waals surface area contributed by atoms with Crippen LogP contribution in [0.25, 0.3) is 0 Å². The van der Waals surface area contributed by atoms with Crippen molar-refractivity contribution in [2.24, 2.45) is 13.0 Å². The summed E-state index contributed by atoms with van der Waals surface area (Å²) in [5.41, 5.74) is 1.24. The van der Waals surface area contributed by atoms with E-state index in [1.165, 1.54) is 22.9 Å². The van der Waals surface area contributed by atoms with Crippen LogP contribution in [0.5, 0.6) is 0 Å². The van der Waals surface area contributed by atoms with Gasteiger partial charge in [0.1, 0.15) is 6.61 Å². The molecule has 2 aromatic rings. The van der Waals surface area contributed by atoms with Crippen LogP contribution in [0.4, 0.5) is 4.79 Å². The van der Waals surface area contributed by atoms with Crippen molar-refractivity contribution in [3.63, 3.8) is 0 Å². The zero-order valence-corrected chi connectivity index (χ0v) is 16.0. The van der Waals surface area contributed by atoms with E-state index in [0.29, 0.717) is 25.2 Å². The molecule has 1 atom stereocenters. The summed E-state index contributed by atoms with van der Waals surface area (Å²) in [6, 6.07) is 12.5. The Bertz CT molecular complexity index is 879. The highest BCUT2D eigenvalue weighted by Gasteiger charge is 2.25. The Labute approximate surface area is 163 Å². The van der Waals surface area contributed by atoms with Gasteiger partial charge < -0.3 is 19.5 Å². The molecule has 1 aliphatic heterocycles. The summed E-state index contributed by atoms with van der Waals surface area (Å²) in [6.45, 7) is 1.95. The van der Waals surface area contributed by atoms with E-state index in [0.717, 1.165) is 18.4 Å². The molecule has 2 amide bonds. The monoisotopic (exact) mass is 383 g/mol. The van der Waals surface area contributed by atoms with Crippen LogP contribution in [-0.4, -0.2) is 41.1 Å². The van der Waals surface area contributed by atoms with E-state index < -0.39 is 0 Å². The third-order valence-electron chi connectivity index (χ3n) is 4.88. The Hall–Kier alpha value is -3.09. The van der Waals surface area contributed by atoms with Crippen molar-refractivity contribution in [3.05, 3.63) is 70.1 Å². The second kappa shape index (κ2) is 9.21. The average molecular weight is 383 g/mol. The third-order valence-corrected chi connectivity index (χ3v) is 4.88. The standard InChI is InChI=1S/C21H25N3O4/c1-23-14-18(9-10-19(23)25)20(26)22-12-17-8-5-11-24(13-17)21(27)28-15-16-6-3-2-4-7-16/h2-4,6-7,9-10,14,17H,5,8,11-13,15H2,1H3,(H,22,26). The number of pyridine rings is 1. The van der Waals surface area contributed by atoms with Gasteiger partial charge in [0.05, 0.1) is 5.56 Å². The van der Waals surface area contributed by atoms with E-state index in [1.807, 2.05) is 30.3 Å². The molecule has 1 saturated heterocycles. The molecular weight excluding hydrogens is 358 g/mol. The van der Waals surface area contributed by atoms with Gasteiger partial charge in [0.15, 0.2) is 0 Å². The van der Waals surface area contributed by atoms with Crippen molar-refractivity contribution < 1.29 is 14.3 Å². The van der Waals surface area contributed by atoms with E-state index in [9.17, 15) is 14.4 Å². The first-order valence-electron chi connectivity index (χ1n) is 9.43. The maximum atomic E-state index is 12.3. The molecule has 1 aromatic heterocycles. The van der Waals surface area contributed by atoms with Crippen LogP contribution in [0.15, 0.2) is 53.5 Å². The summed E-state index contributed by atoms with van der Waals surface area (Å²) in [5, 5.41) is 2.90. The molecule has 7 nitrogen and oxygen atoms in total. The van der Waals surface area contributed by atoms with Crippen LogP contribution in [0, 0.1) is 5.92 Å². The first-order valence-corrected chi connectivity index (χ1v) is 9.43. The van der Waals surface area contributed by atoms with Crippen molar-refractivity contribution in [2.45, 2.75) is 19.4 Å². The molecule has 0 aliphatic carbocycles. The van der Waals surface area contributed by atoms with Gasteiger partial charge in [-0.2, -0.15) is 0 Å². The molecule has 1 fully saturated rings. The van der Waals surface area contributed by atoms with E-state index in [-0.39, 0.29) is 30.1 Å². The van der Waals surface area contributed by atoms with Crippen LogP contribution in [-0.2, 0) is 18.4 Å². The van der Waals surface area contributed by atoms with Gasteiger partial charge in [-0.1, -0.05) is 30.3 Å². The maximum absolute atomic E-state index is 12.3. The molecule has 0 bridgehead atoms. The van der Waals surface area contributed by atoms with Crippen LogP contribution in [0.3, 0.4) is 0 Å². The third kappa shape index (κ3) is 5.22. The predicted octanol–water partition coefficient (Wildman–Crippen LogP) is 2.16.